The molecule has 2 aromatic heterocycles. The van der Waals surface area contributed by atoms with Gasteiger partial charge in [-0.15, -0.1) is 0 Å². The highest BCUT2D eigenvalue weighted by Gasteiger charge is 2.55. The van der Waals surface area contributed by atoms with Crippen molar-refractivity contribution in [3.8, 4) is 0 Å². The zero-order valence-electron chi connectivity index (χ0n) is 16.9. The van der Waals surface area contributed by atoms with Crippen LogP contribution in [0.1, 0.15) is 27.2 Å². The van der Waals surface area contributed by atoms with Crippen LogP contribution in [-0.2, 0) is 27.8 Å². The number of pyridine rings is 2. The first-order valence-corrected chi connectivity index (χ1v) is 13.5. The van der Waals surface area contributed by atoms with E-state index in [9.17, 15) is 14.7 Å². The minimum absolute atomic E-state index is 0.0471. The maximum absolute atomic E-state index is 13.5. The Balaban J connectivity index is 1.61. The smallest absolute Gasteiger partial charge is 0.337 e. The first-order chi connectivity index (χ1) is 13.7. The van der Waals surface area contributed by atoms with Gasteiger partial charge in [-0.25, -0.2) is 9.78 Å². The molecule has 0 unspecified atom stereocenters. The molecule has 0 radical (unpaired) electrons. The second-order valence-corrected chi connectivity index (χ2v) is 14.6. The molecular weight excluding hydrogens is 386 g/mol. The summed E-state index contributed by atoms with van der Waals surface area (Å²) in [5.74, 6) is -0.427. The van der Waals surface area contributed by atoms with E-state index in [-0.39, 0.29) is 18.2 Å². The van der Waals surface area contributed by atoms with Gasteiger partial charge in [-0.3, -0.25) is 14.7 Å². The molecule has 2 aliphatic rings. The van der Waals surface area contributed by atoms with Crippen molar-refractivity contribution in [1.29, 1.82) is 0 Å². The number of ether oxygens (including phenoxy) is 1. The number of fused-ring (bicyclic) bond motifs is 3. The molecule has 4 rings (SSSR count). The third-order valence-corrected chi connectivity index (χ3v) is 7.40. The number of carbonyl (C=O) groups excluding carboxylic acids is 1. The number of nitrogens with zero attached hydrogens (tertiary/aromatic N) is 3. The first-order valence-electron chi connectivity index (χ1n) is 9.78. The number of carboxylic acid groups (broad SMARTS) is 1. The lowest BCUT2D eigenvalue weighted by Gasteiger charge is -2.23. The standard InChI is InChI=1S/C21H25N3O4Si/c1-29(2,3)8-7-28-13-24-18-16(5-4-6-22-18)21(20(24)27)10-14-9-15(19(25)26)12-23-17(14)11-21/h4-6,9,12H,7-8,10-11,13H2,1-3H3,(H,25,26)/t21-/m1/s1. The molecular formula is C21H25N3O4Si. The summed E-state index contributed by atoms with van der Waals surface area (Å²) in [5, 5.41) is 9.26. The molecule has 0 saturated carbocycles. The Labute approximate surface area is 170 Å². The van der Waals surface area contributed by atoms with Crippen LogP contribution in [0.4, 0.5) is 5.82 Å². The van der Waals surface area contributed by atoms with Gasteiger partial charge in [0, 0.05) is 44.8 Å². The molecule has 7 nitrogen and oxygen atoms in total. The van der Waals surface area contributed by atoms with Gasteiger partial charge >= 0.3 is 5.97 Å². The van der Waals surface area contributed by atoms with Crippen molar-refractivity contribution >= 4 is 25.8 Å². The van der Waals surface area contributed by atoms with E-state index in [0.29, 0.717) is 25.3 Å². The number of carbonyl (C=O) groups is 2. The van der Waals surface area contributed by atoms with Crippen LogP contribution in [0.15, 0.2) is 30.6 Å². The SMILES string of the molecule is C[Si](C)(C)CCOCN1C(=O)[C@@]2(Cc3cc(C(=O)O)cnc3C2)c2cccnc21. The van der Waals surface area contributed by atoms with E-state index in [1.807, 2.05) is 12.1 Å². The zero-order chi connectivity index (χ0) is 20.8. The molecule has 0 bridgehead atoms. The molecule has 1 aliphatic carbocycles. The van der Waals surface area contributed by atoms with Crippen molar-refractivity contribution in [2.24, 2.45) is 0 Å². The van der Waals surface area contributed by atoms with Crippen LogP contribution in [0.25, 0.3) is 0 Å². The molecule has 1 amide bonds. The largest absolute Gasteiger partial charge is 0.478 e. The van der Waals surface area contributed by atoms with Crippen LogP contribution >= 0.6 is 0 Å². The van der Waals surface area contributed by atoms with Gasteiger partial charge in [-0.2, -0.15) is 0 Å². The van der Waals surface area contributed by atoms with Crippen LogP contribution in [-0.4, -0.2) is 48.4 Å². The number of hydrogen-bond acceptors (Lipinski definition) is 5. The Morgan fingerprint density at radius 2 is 2.10 bits per heavy atom. The minimum Gasteiger partial charge on any atom is -0.478 e. The molecule has 29 heavy (non-hydrogen) atoms. The Bertz CT molecular complexity index is 988. The lowest BCUT2D eigenvalue weighted by Crippen LogP contribution is -2.42. The van der Waals surface area contributed by atoms with Crippen molar-refractivity contribution in [3.63, 3.8) is 0 Å². The molecule has 152 valence electrons. The van der Waals surface area contributed by atoms with E-state index < -0.39 is 19.5 Å². The fourth-order valence-corrected chi connectivity index (χ4v) is 4.85. The van der Waals surface area contributed by atoms with Gasteiger partial charge in [0.05, 0.1) is 11.0 Å². The Hall–Kier alpha value is -2.58. The lowest BCUT2D eigenvalue weighted by atomic mass is 9.79. The topological polar surface area (TPSA) is 92.6 Å². The van der Waals surface area contributed by atoms with Gasteiger partial charge in [0.2, 0.25) is 5.91 Å². The number of aromatic nitrogens is 2. The van der Waals surface area contributed by atoms with Gasteiger partial charge in [0.25, 0.3) is 0 Å². The Morgan fingerprint density at radius 1 is 1.31 bits per heavy atom. The molecule has 2 aromatic rings. The van der Waals surface area contributed by atoms with Gasteiger partial charge in [0.15, 0.2) is 0 Å². The van der Waals surface area contributed by atoms with Crippen LogP contribution in [0, 0.1) is 0 Å². The second kappa shape index (κ2) is 7.03. The third kappa shape index (κ3) is 3.47. The fourth-order valence-electron chi connectivity index (χ4n) is 4.09. The quantitative estimate of drug-likeness (QED) is 0.580. The molecule has 8 heteroatoms. The summed E-state index contributed by atoms with van der Waals surface area (Å²) in [5.41, 5.74) is 1.82. The summed E-state index contributed by atoms with van der Waals surface area (Å²) in [6.07, 6.45) is 3.93. The highest BCUT2D eigenvalue weighted by molar-refractivity contribution is 6.76. The van der Waals surface area contributed by atoms with Crippen LogP contribution < -0.4 is 4.90 Å². The summed E-state index contributed by atoms with van der Waals surface area (Å²) in [6.45, 7) is 7.67. The van der Waals surface area contributed by atoms with E-state index >= 15 is 0 Å². The predicted octanol–water partition coefficient (Wildman–Crippen LogP) is 2.87. The van der Waals surface area contributed by atoms with E-state index in [0.717, 1.165) is 22.9 Å². The summed E-state index contributed by atoms with van der Waals surface area (Å²) in [4.78, 5) is 35.3. The average Bonchev–Trinajstić information content (AvgIpc) is 3.15. The van der Waals surface area contributed by atoms with Crippen molar-refractivity contribution in [2.75, 3.05) is 18.2 Å². The highest BCUT2D eigenvalue weighted by atomic mass is 28.3. The van der Waals surface area contributed by atoms with E-state index in [1.54, 1.807) is 17.2 Å². The maximum Gasteiger partial charge on any atom is 0.337 e. The predicted molar refractivity (Wildman–Crippen MR) is 111 cm³/mol. The summed E-state index contributed by atoms with van der Waals surface area (Å²) in [7, 11) is -1.21. The third-order valence-electron chi connectivity index (χ3n) is 5.70. The number of anilines is 1. The summed E-state index contributed by atoms with van der Waals surface area (Å²) < 4.78 is 5.86. The lowest BCUT2D eigenvalue weighted by molar-refractivity contribution is -0.124. The van der Waals surface area contributed by atoms with Crippen molar-refractivity contribution in [2.45, 2.75) is 43.9 Å². The van der Waals surface area contributed by atoms with Crippen LogP contribution in [0.3, 0.4) is 0 Å². The molecule has 1 atom stereocenters. The number of hydrogen-bond donors (Lipinski definition) is 1. The number of carboxylic acids is 1. The van der Waals surface area contributed by atoms with Gasteiger partial charge in [-0.1, -0.05) is 25.7 Å². The molecule has 1 N–H and O–H groups in total. The highest BCUT2D eigenvalue weighted by Crippen LogP contribution is 2.48. The summed E-state index contributed by atoms with van der Waals surface area (Å²) >= 11 is 0. The minimum atomic E-state index is -1.21. The van der Waals surface area contributed by atoms with Gasteiger partial charge < -0.3 is 9.84 Å². The molecule has 3 heterocycles. The number of amides is 1. The van der Waals surface area contributed by atoms with E-state index in [2.05, 4.69) is 29.6 Å². The maximum atomic E-state index is 13.5. The van der Waals surface area contributed by atoms with Gasteiger partial charge in [-0.05, 0) is 30.2 Å². The second-order valence-electron chi connectivity index (χ2n) is 9.03. The van der Waals surface area contributed by atoms with Crippen molar-refractivity contribution in [1.82, 2.24) is 9.97 Å². The van der Waals surface area contributed by atoms with Crippen molar-refractivity contribution < 1.29 is 19.4 Å². The Kier molecular flexibility index (Phi) is 4.78. The monoisotopic (exact) mass is 411 g/mol. The zero-order valence-corrected chi connectivity index (χ0v) is 17.9. The molecule has 1 spiro atoms. The Morgan fingerprint density at radius 3 is 2.83 bits per heavy atom. The van der Waals surface area contributed by atoms with Crippen molar-refractivity contribution in [3.05, 3.63) is 53.0 Å². The molecule has 1 aliphatic heterocycles. The van der Waals surface area contributed by atoms with Gasteiger partial charge in [0.1, 0.15) is 12.5 Å². The molecule has 0 fully saturated rings. The van der Waals surface area contributed by atoms with E-state index in [4.69, 9.17) is 4.74 Å². The average molecular weight is 412 g/mol. The number of aromatic carboxylic acids is 1. The van der Waals surface area contributed by atoms with Crippen LogP contribution in [0.2, 0.25) is 25.7 Å². The summed E-state index contributed by atoms with van der Waals surface area (Å²) in [6, 6.07) is 6.44. The molecule has 0 saturated heterocycles. The van der Waals surface area contributed by atoms with E-state index in [1.165, 1.54) is 6.20 Å². The first kappa shape index (κ1) is 19.7. The normalized spacial score (nSPS) is 20.2. The number of rotatable bonds is 6. The van der Waals surface area contributed by atoms with Crippen LogP contribution in [0.5, 0.6) is 0 Å². The fraction of sp³-hybridized carbons (Fsp3) is 0.429. The molecule has 0 aromatic carbocycles.